The lowest BCUT2D eigenvalue weighted by molar-refractivity contribution is -0.113. The highest BCUT2D eigenvalue weighted by atomic mass is 35.5. The molecule has 0 unspecified atom stereocenters. The second-order valence-electron chi connectivity index (χ2n) is 6.06. The molecule has 0 saturated heterocycles. The number of aromatic nitrogens is 5. The van der Waals surface area contributed by atoms with E-state index in [9.17, 15) is 9.18 Å². The van der Waals surface area contributed by atoms with Crippen LogP contribution in [-0.4, -0.2) is 36.4 Å². The Morgan fingerprint density at radius 1 is 1.31 bits per heavy atom. The van der Waals surface area contributed by atoms with Crippen molar-refractivity contribution >= 4 is 52.4 Å². The normalized spacial score (nSPS) is 11.0. The number of nitrogens with zero attached hydrogens (tertiary/aromatic N) is 4. The first kappa shape index (κ1) is 19.2. The first-order valence-corrected chi connectivity index (χ1v) is 9.84. The van der Waals surface area contributed by atoms with Crippen LogP contribution in [0.4, 0.5) is 21.8 Å². The van der Waals surface area contributed by atoms with E-state index in [0.29, 0.717) is 33.2 Å². The quantitative estimate of drug-likeness (QED) is 0.399. The van der Waals surface area contributed by atoms with E-state index in [4.69, 9.17) is 11.6 Å². The Morgan fingerprint density at radius 2 is 2.17 bits per heavy atom. The molecule has 0 aliphatic heterocycles. The Bertz CT molecular complexity index is 1190. The van der Waals surface area contributed by atoms with E-state index in [1.54, 1.807) is 16.5 Å². The zero-order valence-electron chi connectivity index (χ0n) is 15.1. The van der Waals surface area contributed by atoms with Crippen LogP contribution in [0.5, 0.6) is 0 Å². The molecule has 0 radical (unpaired) electrons. The lowest BCUT2D eigenvalue weighted by Crippen LogP contribution is -2.12. The predicted molar refractivity (Wildman–Crippen MR) is 109 cm³/mol. The molecule has 148 valence electrons. The number of hydrogen-bond donors (Lipinski definition) is 3. The van der Waals surface area contributed by atoms with E-state index in [1.165, 1.54) is 6.07 Å². The molecule has 3 heterocycles. The zero-order chi connectivity index (χ0) is 20.4. The number of carbonyl (C=O) groups is 1. The van der Waals surface area contributed by atoms with Gasteiger partial charge in [-0.05, 0) is 49.0 Å². The summed E-state index contributed by atoms with van der Waals surface area (Å²) in [6, 6.07) is 9.89. The van der Waals surface area contributed by atoms with Gasteiger partial charge in [0.2, 0.25) is 11.9 Å². The van der Waals surface area contributed by atoms with Crippen LogP contribution < -0.4 is 10.6 Å². The number of rotatable bonds is 6. The molecule has 0 spiro atoms. The summed E-state index contributed by atoms with van der Waals surface area (Å²) in [5.41, 5.74) is 1.89. The molecular weight excluding hydrogens is 417 g/mol. The minimum absolute atomic E-state index is 0.200. The Balaban J connectivity index is 1.62. The Kier molecular flexibility index (Phi) is 5.36. The first-order chi connectivity index (χ1) is 14.0. The van der Waals surface area contributed by atoms with E-state index in [0.717, 1.165) is 17.5 Å². The highest BCUT2D eigenvalue weighted by Gasteiger charge is 2.13. The maximum absolute atomic E-state index is 14.5. The fourth-order valence-corrected chi connectivity index (χ4v) is 3.42. The number of alkyl halides is 1. The molecule has 0 saturated carbocycles. The van der Waals surface area contributed by atoms with Gasteiger partial charge in [0.1, 0.15) is 17.3 Å². The zero-order valence-corrected chi connectivity index (χ0v) is 16.7. The second kappa shape index (κ2) is 8.10. The van der Waals surface area contributed by atoms with Crippen molar-refractivity contribution in [3.63, 3.8) is 0 Å². The van der Waals surface area contributed by atoms with Gasteiger partial charge in [-0.3, -0.25) is 14.3 Å². The number of hydrogen-bond acceptors (Lipinski definition) is 6. The van der Waals surface area contributed by atoms with Crippen molar-refractivity contribution in [3.05, 3.63) is 54.1 Å². The number of nitrogens with one attached hydrogen (secondary N) is 3. The number of amides is 1. The number of halogens is 2. The molecule has 8 nitrogen and oxygen atoms in total. The van der Waals surface area contributed by atoms with Gasteiger partial charge in [0.15, 0.2) is 11.0 Å². The van der Waals surface area contributed by atoms with Gasteiger partial charge < -0.3 is 10.6 Å². The monoisotopic (exact) mass is 431 g/mol. The molecule has 1 aromatic carbocycles. The third-order valence-corrected chi connectivity index (χ3v) is 5.01. The molecule has 0 fully saturated rings. The van der Waals surface area contributed by atoms with Crippen LogP contribution in [0.25, 0.3) is 5.65 Å². The van der Waals surface area contributed by atoms with Gasteiger partial charge in [0.05, 0.1) is 4.90 Å². The van der Waals surface area contributed by atoms with Crippen molar-refractivity contribution in [2.75, 3.05) is 16.5 Å². The van der Waals surface area contributed by atoms with Crippen LogP contribution in [0, 0.1) is 12.7 Å². The predicted octanol–water partition coefficient (Wildman–Crippen LogP) is 3.97. The van der Waals surface area contributed by atoms with Crippen LogP contribution in [-0.2, 0) is 4.79 Å². The number of H-pyrrole nitrogens is 1. The summed E-state index contributed by atoms with van der Waals surface area (Å²) in [6.07, 6.45) is 1.82. The molecule has 29 heavy (non-hydrogen) atoms. The van der Waals surface area contributed by atoms with Crippen LogP contribution in [0.15, 0.2) is 52.6 Å². The molecule has 3 N–H and O–H groups in total. The lowest BCUT2D eigenvalue weighted by atomic mass is 10.3. The van der Waals surface area contributed by atoms with Gasteiger partial charge in [0.25, 0.3) is 0 Å². The van der Waals surface area contributed by atoms with Gasteiger partial charge in [-0.25, -0.2) is 9.37 Å². The Hall–Kier alpha value is -3.11. The average molecular weight is 432 g/mol. The summed E-state index contributed by atoms with van der Waals surface area (Å²) in [5, 5.41) is 13.0. The fraction of sp³-hybridized carbons (Fsp3) is 0.111. The second-order valence-corrected chi connectivity index (χ2v) is 7.33. The SMILES string of the molecule is Cc1cc(Nc2nc(Sc3ccc(NC(=O)CCl)cc3F)nc3cccn23)n[nH]1. The lowest BCUT2D eigenvalue weighted by Gasteiger charge is -2.09. The number of fused-ring (bicyclic) bond motifs is 1. The summed E-state index contributed by atoms with van der Waals surface area (Å²) < 4.78 is 16.3. The van der Waals surface area contributed by atoms with Crippen LogP contribution >= 0.6 is 23.4 Å². The molecule has 0 atom stereocenters. The van der Waals surface area contributed by atoms with E-state index in [2.05, 4.69) is 30.8 Å². The van der Waals surface area contributed by atoms with Gasteiger partial charge >= 0.3 is 0 Å². The van der Waals surface area contributed by atoms with Gasteiger partial charge in [-0.15, -0.1) is 11.6 Å². The van der Waals surface area contributed by atoms with Crippen LogP contribution in [0.3, 0.4) is 0 Å². The van der Waals surface area contributed by atoms with Gasteiger partial charge in [0, 0.05) is 23.6 Å². The van der Waals surface area contributed by atoms with Crippen molar-refractivity contribution in [2.45, 2.75) is 17.0 Å². The van der Waals surface area contributed by atoms with Crippen molar-refractivity contribution in [1.29, 1.82) is 0 Å². The summed E-state index contributed by atoms with van der Waals surface area (Å²) in [7, 11) is 0. The summed E-state index contributed by atoms with van der Waals surface area (Å²) in [4.78, 5) is 20.6. The third kappa shape index (κ3) is 4.33. The van der Waals surface area contributed by atoms with E-state index in [-0.39, 0.29) is 5.88 Å². The summed E-state index contributed by atoms with van der Waals surface area (Å²) in [5.74, 6) is 0.00351. The molecule has 0 bridgehead atoms. The van der Waals surface area contributed by atoms with Gasteiger partial charge in [-0.1, -0.05) is 0 Å². The largest absolute Gasteiger partial charge is 0.325 e. The minimum atomic E-state index is -0.501. The van der Waals surface area contributed by atoms with Crippen molar-refractivity contribution in [1.82, 2.24) is 24.6 Å². The molecule has 11 heteroatoms. The Labute approximate surface area is 173 Å². The molecular formula is C18H15ClFN7OS. The van der Waals surface area contributed by atoms with E-state index >= 15 is 0 Å². The maximum Gasteiger partial charge on any atom is 0.239 e. The topological polar surface area (TPSA) is 100 Å². The molecule has 3 aromatic heterocycles. The molecule has 0 aliphatic carbocycles. The Morgan fingerprint density at radius 3 is 2.90 bits per heavy atom. The molecule has 0 aliphatic rings. The number of anilines is 3. The van der Waals surface area contributed by atoms with E-state index in [1.807, 2.05) is 31.3 Å². The first-order valence-electron chi connectivity index (χ1n) is 8.49. The van der Waals surface area contributed by atoms with Gasteiger partial charge in [-0.2, -0.15) is 10.1 Å². The summed E-state index contributed by atoms with van der Waals surface area (Å²) >= 11 is 6.53. The molecule has 4 rings (SSSR count). The average Bonchev–Trinajstić information content (AvgIpc) is 3.32. The summed E-state index contributed by atoms with van der Waals surface area (Å²) in [6.45, 7) is 1.90. The smallest absolute Gasteiger partial charge is 0.239 e. The van der Waals surface area contributed by atoms with E-state index < -0.39 is 11.7 Å². The standard InChI is InChI=1S/C18H15ClFN7OS/c1-10-7-14(26-25-10)22-17-24-18(23-15-3-2-6-27(15)17)29-13-5-4-11(8-12(13)20)21-16(28)9-19/h2-8H,9H2,1H3,(H,21,28)(H2,22,23,24,25,26). The molecule has 1 amide bonds. The number of aryl methyl sites for hydroxylation is 1. The molecule has 4 aromatic rings. The number of aromatic amines is 1. The van der Waals surface area contributed by atoms with Crippen molar-refractivity contribution < 1.29 is 9.18 Å². The fourth-order valence-electron chi connectivity index (χ4n) is 2.59. The number of carbonyl (C=O) groups excluding carboxylic acids is 1. The van der Waals surface area contributed by atoms with Crippen LogP contribution in [0.2, 0.25) is 0 Å². The highest BCUT2D eigenvalue weighted by molar-refractivity contribution is 7.99. The highest BCUT2D eigenvalue weighted by Crippen LogP contribution is 2.30. The number of benzene rings is 1. The maximum atomic E-state index is 14.5. The van der Waals surface area contributed by atoms with Crippen molar-refractivity contribution in [2.24, 2.45) is 0 Å². The third-order valence-electron chi connectivity index (χ3n) is 3.85. The minimum Gasteiger partial charge on any atom is -0.325 e. The van der Waals surface area contributed by atoms with Crippen LogP contribution in [0.1, 0.15) is 5.69 Å². The van der Waals surface area contributed by atoms with Crippen molar-refractivity contribution in [3.8, 4) is 0 Å².